The fourth-order valence-corrected chi connectivity index (χ4v) is 2.66. The van der Waals surface area contributed by atoms with Crippen LogP contribution in [0.5, 0.6) is 0 Å². The summed E-state index contributed by atoms with van der Waals surface area (Å²) in [4.78, 5) is 16.6. The molecular weight excluding hydrogens is 346 g/mol. The average Bonchev–Trinajstić information content (AvgIpc) is 2.69. The first-order valence-electron chi connectivity index (χ1n) is 8.47. The van der Waals surface area contributed by atoms with Crippen LogP contribution >= 0.6 is 11.6 Å². The van der Waals surface area contributed by atoms with Crippen LogP contribution in [0, 0.1) is 0 Å². The van der Waals surface area contributed by atoms with Gasteiger partial charge in [-0.2, -0.15) is 0 Å². The van der Waals surface area contributed by atoms with E-state index in [2.05, 4.69) is 15.6 Å². The number of carbonyl (C=O) groups is 1. The van der Waals surface area contributed by atoms with Crippen molar-refractivity contribution in [3.05, 3.63) is 94.6 Å². The molecular formula is C21H20ClN3O. The number of nitrogens with zero attached hydrogens (tertiary/aromatic N) is 1. The molecule has 3 rings (SSSR count). The first-order chi connectivity index (χ1) is 12.7. The molecule has 132 valence electrons. The molecule has 3 aromatic rings. The Morgan fingerprint density at radius 2 is 1.73 bits per heavy atom. The Labute approximate surface area is 158 Å². The first kappa shape index (κ1) is 18.0. The summed E-state index contributed by atoms with van der Waals surface area (Å²) in [5.74, 6) is 0.573. The zero-order valence-corrected chi connectivity index (χ0v) is 15.0. The van der Waals surface area contributed by atoms with Gasteiger partial charge >= 0.3 is 0 Å². The number of aromatic nitrogens is 1. The number of benzene rings is 2. The van der Waals surface area contributed by atoms with Gasteiger partial charge in [0.2, 0.25) is 0 Å². The summed E-state index contributed by atoms with van der Waals surface area (Å²) in [6, 6.07) is 21.2. The number of halogens is 1. The Kier molecular flexibility index (Phi) is 6.23. The van der Waals surface area contributed by atoms with E-state index >= 15 is 0 Å². The SMILES string of the molecule is O=C(NCCc1ccc(Cl)cc1)c1ccnc(NCc2ccccc2)c1. The van der Waals surface area contributed by atoms with E-state index in [1.54, 1.807) is 18.3 Å². The quantitative estimate of drug-likeness (QED) is 0.655. The van der Waals surface area contributed by atoms with Gasteiger partial charge in [0.1, 0.15) is 5.82 Å². The van der Waals surface area contributed by atoms with Crippen LogP contribution in [0.3, 0.4) is 0 Å². The molecule has 0 saturated heterocycles. The zero-order valence-electron chi connectivity index (χ0n) is 14.3. The minimum Gasteiger partial charge on any atom is -0.366 e. The lowest BCUT2D eigenvalue weighted by Crippen LogP contribution is -2.25. The van der Waals surface area contributed by atoms with Crippen molar-refractivity contribution in [3.63, 3.8) is 0 Å². The van der Waals surface area contributed by atoms with Gasteiger partial charge in [-0.25, -0.2) is 4.98 Å². The molecule has 0 aliphatic carbocycles. The van der Waals surface area contributed by atoms with Crippen LogP contribution in [-0.2, 0) is 13.0 Å². The summed E-state index contributed by atoms with van der Waals surface area (Å²) in [5, 5.41) is 6.89. The van der Waals surface area contributed by atoms with E-state index in [4.69, 9.17) is 11.6 Å². The molecule has 5 heteroatoms. The van der Waals surface area contributed by atoms with E-state index in [0.29, 0.717) is 29.5 Å². The van der Waals surface area contributed by atoms with Crippen molar-refractivity contribution >= 4 is 23.3 Å². The molecule has 0 spiro atoms. The molecule has 0 saturated carbocycles. The number of hydrogen-bond donors (Lipinski definition) is 2. The first-order valence-corrected chi connectivity index (χ1v) is 8.85. The molecule has 4 nitrogen and oxygen atoms in total. The molecule has 0 unspecified atom stereocenters. The van der Waals surface area contributed by atoms with E-state index < -0.39 is 0 Å². The maximum absolute atomic E-state index is 12.3. The van der Waals surface area contributed by atoms with Gasteiger partial charge < -0.3 is 10.6 Å². The van der Waals surface area contributed by atoms with Crippen molar-refractivity contribution in [2.45, 2.75) is 13.0 Å². The summed E-state index contributed by atoms with van der Waals surface area (Å²) < 4.78 is 0. The lowest BCUT2D eigenvalue weighted by molar-refractivity contribution is 0.0954. The minimum atomic E-state index is -0.107. The highest BCUT2D eigenvalue weighted by Gasteiger charge is 2.06. The number of pyridine rings is 1. The second-order valence-corrected chi connectivity index (χ2v) is 6.34. The van der Waals surface area contributed by atoms with Gasteiger partial charge in [0.25, 0.3) is 5.91 Å². The number of anilines is 1. The van der Waals surface area contributed by atoms with Gasteiger partial charge in [-0.3, -0.25) is 4.79 Å². The lowest BCUT2D eigenvalue weighted by Gasteiger charge is -2.09. The smallest absolute Gasteiger partial charge is 0.251 e. The van der Waals surface area contributed by atoms with Crippen molar-refractivity contribution in [1.82, 2.24) is 10.3 Å². The van der Waals surface area contributed by atoms with Gasteiger partial charge in [0.05, 0.1) is 0 Å². The fourth-order valence-electron chi connectivity index (χ4n) is 2.53. The van der Waals surface area contributed by atoms with Crippen molar-refractivity contribution in [2.75, 3.05) is 11.9 Å². The van der Waals surface area contributed by atoms with Gasteiger partial charge in [-0.1, -0.05) is 54.1 Å². The van der Waals surface area contributed by atoms with Crippen molar-refractivity contribution in [2.24, 2.45) is 0 Å². The third kappa shape index (κ3) is 5.33. The Hall–Kier alpha value is -2.85. The van der Waals surface area contributed by atoms with Crippen molar-refractivity contribution in [1.29, 1.82) is 0 Å². The molecule has 2 N–H and O–H groups in total. The molecule has 26 heavy (non-hydrogen) atoms. The van der Waals surface area contributed by atoms with Crippen molar-refractivity contribution in [3.8, 4) is 0 Å². The molecule has 1 heterocycles. The molecule has 0 aliphatic heterocycles. The normalized spacial score (nSPS) is 10.3. The summed E-state index contributed by atoms with van der Waals surface area (Å²) in [7, 11) is 0. The van der Waals surface area contributed by atoms with E-state index in [9.17, 15) is 4.79 Å². The van der Waals surface area contributed by atoms with E-state index in [-0.39, 0.29) is 5.91 Å². The zero-order chi connectivity index (χ0) is 18.2. The lowest BCUT2D eigenvalue weighted by atomic mass is 10.1. The monoisotopic (exact) mass is 365 g/mol. The van der Waals surface area contributed by atoms with Gasteiger partial charge in [0, 0.05) is 29.9 Å². The number of hydrogen-bond acceptors (Lipinski definition) is 3. The fraction of sp³-hybridized carbons (Fsp3) is 0.143. The highest BCUT2D eigenvalue weighted by Crippen LogP contribution is 2.11. The van der Waals surface area contributed by atoms with E-state index in [1.165, 1.54) is 0 Å². The second-order valence-electron chi connectivity index (χ2n) is 5.90. The van der Waals surface area contributed by atoms with E-state index in [1.807, 2.05) is 54.6 Å². The van der Waals surface area contributed by atoms with Crippen LogP contribution in [0.1, 0.15) is 21.5 Å². The number of amides is 1. The molecule has 0 bridgehead atoms. The molecule has 0 fully saturated rings. The van der Waals surface area contributed by atoms with Crippen molar-refractivity contribution < 1.29 is 4.79 Å². The molecule has 0 aliphatic rings. The van der Waals surface area contributed by atoms with Crippen LogP contribution in [0.15, 0.2) is 72.9 Å². The molecule has 1 amide bonds. The highest BCUT2D eigenvalue weighted by molar-refractivity contribution is 6.30. The largest absolute Gasteiger partial charge is 0.366 e. The van der Waals surface area contributed by atoms with E-state index in [0.717, 1.165) is 17.5 Å². The molecule has 0 atom stereocenters. The number of nitrogens with one attached hydrogen (secondary N) is 2. The third-order valence-corrected chi connectivity index (χ3v) is 4.20. The van der Waals surface area contributed by atoms with Crippen LogP contribution in [0.4, 0.5) is 5.82 Å². The average molecular weight is 366 g/mol. The summed E-state index contributed by atoms with van der Waals surface area (Å²) >= 11 is 5.87. The summed E-state index contributed by atoms with van der Waals surface area (Å²) in [5.41, 5.74) is 2.88. The predicted molar refractivity (Wildman–Crippen MR) is 105 cm³/mol. The standard InChI is InChI=1S/C21H20ClN3O/c22-19-8-6-16(7-9-19)10-12-24-21(26)18-11-13-23-20(14-18)25-15-17-4-2-1-3-5-17/h1-9,11,13-14H,10,12,15H2,(H,23,25)(H,24,26). The Morgan fingerprint density at radius 1 is 0.962 bits per heavy atom. The van der Waals surface area contributed by atoms with Gasteiger partial charge in [-0.05, 0) is 41.8 Å². The second kappa shape index (κ2) is 9.02. The third-order valence-electron chi connectivity index (χ3n) is 3.95. The van der Waals surface area contributed by atoms with Crippen LogP contribution in [0.2, 0.25) is 5.02 Å². The Balaban J connectivity index is 1.51. The Bertz CT molecular complexity index is 851. The molecule has 2 aromatic carbocycles. The van der Waals surface area contributed by atoms with Gasteiger partial charge in [0.15, 0.2) is 0 Å². The number of carbonyl (C=O) groups excluding carboxylic acids is 1. The Morgan fingerprint density at radius 3 is 2.50 bits per heavy atom. The number of rotatable bonds is 7. The van der Waals surface area contributed by atoms with Crippen LogP contribution < -0.4 is 10.6 Å². The highest BCUT2D eigenvalue weighted by atomic mass is 35.5. The summed E-state index contributed by atoms with van der Waals surface area (Å²) in [6.45, 7) is 1.23. The minimum absolute atomic E-state index is 0.107. The summed E-state index contributed by atoms with van der Waals surface area (Å²) in [6.07, 6.45) is 2.40. The van der Waals surface area contributed by atoms with Crippen LogP contribution in [0.25, 0.3) is 0 Å². The maximum Gasteiger partial charge on any atom is 0.251 e. The van der Waals surface area contributed by atoms with Gasteiger partial charge in [-0.15, -0.1) is 0 Å². The molecule has 0 radical (unpaired) electrons. The molecule has 1 aromatic heterocycles. The predicted octanol–water partition coefficient (Wildman–Crippen LogP) is 4.32. The topological polar surface area (TPSA) is 54.0 Å². The van der Waals surface area contributed by atoms with Crippen LogP contribution in [-0.4, -0.2) is 17.4 Å². The maximum atomic E-state index is 12.3.